The number of aryl methyl sites for hydroxylation is 2. The summed E-state index contributed by atoms with van der Waals surface area (Å²) in [6.07, 6.45) is 7.17. The molecule has 0 spiro atoms. The Labute approximate surface area is 180 Å². The third-order valence-electron chi connectivity index (χ3n) is 3.82. The lowest BCUT2D eigenvalue weighted by molar-refractivity contribution is 0.139. The van der Waals surface area contributed by atoms with Crippen molar-refractivity contribution < 1.29 is 14.3 Å². The molecule has 0 saturated carbocycles. The molecule has 0 bridgehead atoms. The van der Waals surface area contributed by atoms with E-state index in [1.54, 1.807) is 0 Å². The third-order valence-corrected chi connectivity index (χ3v) is 4.46. The number of ether oxygens (including phenoxy) is 2. The fraction of sp³-hybridized carbons (Fsp3) is 0.571. The molecule has 0 saturated heterocycles. The normalized spacial score (nSPS) is 10.3. The molecular weight excluding hydrogens is 474 g/mol. The van der Waals surface area contributed by atoms with Crippen molar-refractivity contribution >= 4 is 37.6 Å². The number of halogens is 2. The highest BCUT2D eigenvalue weighted by molar-refractivity contribution is 9.28. The average molecular weight is 505 g/mol. The Morgan fingerprint density at radius 2 is 1.74 bits per heavy atom. The molecule has 0 radical (unpaired) electrons. The highest BCUT2D eigenvalue weighted by Crippen LogP contribution is 2.30. The van der Waals surface area contributed by atoms with Crippen LogP contribution in [0.15, 0.2) is 26.8 Å². The van der Waals surface area contributed by atoms with Gasteiger partial charge in [0.2, 0.25) is 0 Å². The van der Waals surface area contributed by atoms with Crippen LogP contribution in [0.4, 0.5) is 0 Å². The van der Waals surface area contributed by atoms with Gasteiger partial charge in [-0.2, -0.15) is 0 Å². The van der Waals surface area contributed by atoms with Gasteiger partial charge in [-0.25, -0.2) is 0 Å². The van der Waals surface area contributed by atoms with Crippen molar-refractivity contribution in [3.05, 3.63) is 32.7 Å². The maximum absolute atomic E-state index is 6.08. The summed E-state index contributed by atoms with van der Waals surface area (Å²) in [7, 11) is 0. The first-order chi connectivity index (χ1) is 12.9. The average Bonchev–Trinajstić information content (AvgIpc) is 2.60. The molecule has 6 heteroatoms. The second kappa shape index (κ2) is 14.1. The summed E-state index contributed by atoms with van der Waals surface area (Å²) >= 11 is 6.66. The minimum atomic E-state index is 0.515. The molecular formula is C21H31Br2NO3. The Bertz CT molecular complexity index is 622. The highest BCUT2D eigenvalue weighted by atomic mass is 79.9. The van der Waals surface area contributed by atoms with E-state index in [4.69, 9.17) is 14.3 Å². The number of hydrogen-bond acceptors (Lipinski definition) is 4. The number of unbranched alkanes of at least 4 members (excludes halogenated alkanes) is 3. The molecule has 27 heavy (non-hydrogen) atoms. The molecule has 1 rings (SSSR count). The summed E-state index contributed by atoms with van der Waals surface area (Å²) in [6, 6.07) is 4.12. The molecule has 0 N–H and O–H groups in total. The largest absolute Gasteiger partial charge is 0.493 e. The van der Waals surface area contributed by atoms with Gasteiger partial charge in [0.25, 0.3) is 0 Å². The molecule has 0 aliphatic carbocycles. The summed E-state index contributed by atoms with van der Waals surface area (Å²) in [6.45, 7) is 10.0. The second-order valence-electron chi connectivity index (χ2n) is 6.52. The summed E-state index contributed by atoms with van der Waals surface area (Å²) in [5, 5.41) is 3.94. The smallest absolute Gasteiger partial charge is 0.125 e. The van der Waals surface area contributed by atoms with Crippen molar-refractivity contribution in [2.24, 2.45) is 5.16 Å². The molecule has 0 fully saturated rings. The van der Waals surface area contributed by atoms with Gasteiger partial charge in [0.1, 0.15) is 24.7 Å². The Balaban J connectivity index is 2.39. The maximum Gasteiger partial charge on any atom is 0.125 e. The van der Waals surface area contributed by atoms with Crippen LogP contribution in [0.25, 0.3) is 0 Å². The Hall–Kier alpha value is -1.01. The standard InChI is InChI=1S/C21H31Br2NO3/c1-5-18-15-19(25-13-10-20(22)23)14-17(4)21(18)26-11-8-6-7-9-12-27-24-16(2)3/h10,14-15H,5-9,11-13H2,1-4H3. The van der Waals surface area contributed by atoms with Crippen LogP contribution in [-0.4, -0.2) is 25.5 Å². The van der Waals surface area contributed by atoms with E-state index in [0.29, 0.717) is 13.2 Å². The van der Waals surface area contributed by atoms with Gasteiger partial charge < -0.3 is 14.3 Å². The fourth-order valence-corrected chi connectivity index (χ4v) is 2.80. The quantitative estimate of drug-likeness (QED) is 0.166. The summed E-state index contributed by atoms with van der Waals surface area (Å²) in [5.41, 5.74) is 3.26. The minimum Gasteiger partial charge on any atom is -0.493 e. The number of hydrogen-bond donors (Lipinski definition) is 0. The lowest BCUT2D eigenvalue weighted by atomic mass is 10.1. The van der Waals surface area contributed by atoms with E-state index in [1.807, 2.05) is 26.0 Å². The molecule has 0 aliphatic rings. The summed E-state index contributed by atoms with van der Waals surface area (Å²) < 4.78 is 12.8. The van der Waals surface area contributed by atoms with Crippen LogP contribution in [0.2, 0.25) is 0 Å². The van der Waals surface area contributed by atoms with E-state index in [1.165, 1.54) is 5.56 Å². The lowest BCUT2D eigenvalue weighted by Crippen LogP contribution is -2.03. The topological polar surface area (TPSA) is 40.0 Å². The van der Waals surface area contributed by atoms with E-state index < -0.39 is 0 Å². The minimum absolute atomic E-state index is 0.515. The summed E-state index contributed by atoms with van der Waals surface area (Å²) in [5.74, 6) is 1.87. The number of rotatable bonds is 13. The van der Waals surface area contributed by atoms with Crippen LogP contribution >= 0.6 is 31.9 Å². The molecule has 0 aromatic heterocycles. The SMILES string of the molecule is CCc1cc(OCC=C(Br)Br)cc(C)c1OCCCCCCON=C(C)C. The zero-order valence-corrected chi connectivity index (χ0v) is 20.0. The van der Waals surface area contributed by atoms with Gasteiger partial charge in [-0.1, -0.05) is 12.1 Å². The molecule has 0 unspecified atom stereocenters. The van der Waals surface area contributed by atoms with Crippen LogP contribution in [0.1, 0.15) is 57.6 Å². The Morgan fingerprint density at radius 3 is 2.37 bits per heavy atom. The van der Waals surface area contributed by atoms with Gasteiger partial charge in [-0.05, 0) is 114 Å². The van der Waals surface area contributed by atoms with Crippen molar-refractivity contribution in [2.75, 3.05) is 19.8 Å². The zero-order valence-electron chi connectivity index (χ0n) is 16.8. The van der Waals surface area contributed by atoms with Crippen molar-refractivity contribution in [2.45, 2.75) is 59.8 Å². The van der Waals surface area contributed by atoms with Crippen LogP contribution in [-0.2, 0) is 11.3 Å². The number of oxime groups is 1. The highest BCUT2D eigenvalue weighted by Gasteiger charge is 2.09. The molecule has 1 aromatic carbocycles. The number of nitrogens with zero attached hydrogens (tertiary/aromatic N) is 1. The van der Waals surface area contributed by atoms with Crippen molar-refractivity contribution in [3.63, 3.8) is 0 Å². The van der Waals surface area contributed by atoms with Crippen molar-refractivity contribution in [3.8, 4) is 11.5 Å². The maximum atomic E-state index is 6.08. The van der Waals surface area contributed by atoms with Gasteiger partial charge >= 0.3 is 0 Å². The molecule has 0 atom stereocenters. The van der Waals surface area contributed by atoms with E-state index in [-0.39, 0.29) is 0 Å². The van der Waals surface area contributed by atoms with Gasteiger partial charge in [-0.15, -0.1) is 0 Å². The van der Waals surface area contributed by atoms with E-state index in [9.17, 15) is 0 Å². The fourth-order valence-electron chi connectivity index (χ4n) is 2.54. The van der Waals surface area contributed by atoms with Gasteiger partial charge in [0.15, 0.2) is 0 Å². The van der Waals surface area contributed by atoms with Gasteiger partial charge in [0.05, 0.1) is 15.7 Å². The first-order valence-corrected chi connectivity index (χ1v) is 11.1. The summed E-state index contributed by atoms with van der Waals surface area (Å²) in [4.78, 5) is 5.21. The Kier molecular flexibility index (Phi) is 12.5. The first-order valence-electron chi connectivity index (χ1n) is 9.47. The lowest BCUT2D eigenvalue weighted by Gasteiger charge is -2.15. The third kappa shape index (κ3) is 10.8. The van der Waals surface area contributed by atoms with Crippen LogP contribution in [0.5, 0.6) is 11.5 Å². The van der Waals surface area contributed by atoms with Crippen LogP contribution in [0.3, 0.4) is 0 Å². The molecule has 0 amide bonds. The van der Waals surface area contributed by atoms with E-state index >= 15 is 0 Å². The monoisotopic (exact) mass is 503 g/mol. The van der Waals surface area contributed by atoms with Gasteiger partial charge in [-0.3, -0.25) is 0 Å². The van der Waals surface area contributed by atoms with E-state index in [2.05, 4.69) is 56.9 Å². The first kappa shape index (κ1) is 24.0. The van der Waals surface area contributed by atoms with Crippen molar-refractivity contribution in [1.29, 1.82) is 0 Å². The zero-order chi connectivity index (χ0) is 20.1. The van der Waals surface area contributed by atoms with E-state index in [0.717, 1.165) is 64.9 Å². The second-order valence-corrected chi connectivity index (χ2v) is 9.29. The van der Waals surface area contributed by atoms with Crippen LogP contribution in [0, 0.1) is 6.92 Å². The molecule has 152 valence electrons. The predicted molar refractivity (Wildman–Crippen MR) is 121 cm³/mol. The predicted octanol–water partition coefficient (Wildman–Crippen LogP) is 6.92. The van der Waals surface area contributed by atoms with Gasteiger partial charge in [0, 0.05) is 0 Å². The molecule has 0 heterocycles. The molecule has 4 nitrogen and oxygen atoms in total. The van der Waals surface area contributed by atoms with Crippen molar-refractivity contribution in [1.82, 2.24) is 0 Å². The number of benzene rings is 1. The molecule has 0 aliphatic heterocycles. The van der Waals surface area contributed by atoms with Crippen LogP contribution < -0.4 is 9.47 Å². The molecule has 1 aromatic rings. The Morgan fingerprint density at radius 1 is 1.04 bits per heavy atom.